The topological polar surface area (TPSA) is 32.3 Å². The molecular formula is C15H22N2O. The van der Waals surface area contributed by atoms with Gasteiger partial charge in [0.05, 0.1) is 6.54 Å². The molecule has 1 aliphatic rings. The van der Waals surface area contributed by atoms with Crippen molar-refractivity contribution in [2.24, 2.45) is 0 Å². The molecule has 0 saturated carbocycles. The van der Waals surface area contributed by atoms with Crippen molar-refractivity contribution in [2.75, 3.05) is 19.6 Å². The van der Waals surface area contributed by atoms with Crippen molar-refractivity contribution < 1.29 is 4.79 Å². The van der Waals surface area contributed by atoms with Crippen molar-refractivity contribution >= 4 is 5.91 Å². The monoisotopic (exact) mass is 246 g/mol. The summed E-state index contributed by atoms with van der Waals surface area (Å²) in [6, 6.07) is 8.41. The van der Waals surface area contributed by atoms with Gasteiger partial charge >= 0.3 is 0 Å². The Labute approximate surface area is 109 Å². The third-order valence-electron chi connectivity index (χ3n) is 3.43. The molecule has 1 fully saturated rings. The molecule has 3 nitrogen and oxygen atoms in total. The summed E-state index contributed by atoms with van der Waals surface area (Å²) in [5.41, 5.74) is 2.50. The number of amides is 1. The molecule has 0 bridgehead atoms. The molecule has 0 radical (unpaired) electrons. The molecule has 18 heavy (non-hydrogen) atoms. The number of carbonyl (C=O) groups is 1. The Morgan fingerprint density at radius 2 is 1.83 bits per heavy atom. The van der Waals surface area contributed by atoms with E-state index in [0.717, 1.165) is 32.5 Å². The van der Waals surface area contributed by atoms with Crippen molar-refractivity contribution in [3.8, 4) is 0 Å². The maximum atomic E-state index is 11.9. The van der Waals surface area contributed by atoms with Crippen molar-refractivity contribution in [1.82, 2.24) is 10.2 Å². The molecule has 0 unspecified atom stereocenters. The molecule has 0 spiro atoms. The lowest BCUT2D eigenvalue weighted by Crippen LogP contribution is -2.40. The average molecular weight is 246 g/mol. The molecule has 98 valence electrons. The predicted molar refractivity (Wildman–Crippen MR) is 73.3 cm³/mol. The van der Waals surface area contributed by atoms with Crippen molar-refractivity contribution in [1.29, 1.82) is 0 Å². The quantitative estimate of drug-likeness (QED) is 0.882. The first kappa shape index (κ1) is 13.1. The lowest BCUT2D eigenvalue weighted by atomic mass is 10.1. The summed E-state index contributed by atoms with van der Waals surface area (Å²) in [5.74, 6) is 0.238. The molecule has 1 aliphatic heterocycles. The second-order valence-electron chi connectivity index (χ2n) is 5.03. The highest BCUT2D eigenvalue weighted by atomic mass is 16.2. The fourth-order valence-corrected chi connectivity index (χ4v) is 2.27. The molecule has 0 aromatic heterocycles. The highest BCUT2D eigenvalue weighted by Gasteiger charge is 2.15. The van der Waals surface area contributed by atoms with Gasteiger partial charge in [-0.3, -0.25) is 4.79 Å². The smallest absolute Gasteiger partial charge is 0.236 e. The number of nitrogens with one attached hydrogen (secondary N) is 1. The molecule has 1 N–H and O–H groups in total. The molecule has 1 heterocycles. The van der Waals surface area contributed by atoms with Gasteiger partial charge in [0.1, 0.15) is 0 Å². The van der Waals surface area contributed by atoms with Crippen LogP contribution in [0.3, 0.4) is 0 Å². The predicted octanol–water partition coefficient (Wildman–Crippen LogP) is 2.10. The molecule has 3 heteroatoms. The SMILES string of the molecule is Cc1ccc(CNCC(=O)N2CCCCC2)cc1. The highest BCUT2D eigenvalue weighted by Crippen LogP contribution is 2.08. The Morgan fingerprint density at radius 1 is 1.17 bits per heavy atom. The maximum absolute atomic E-state index is 11.9. The minimum atomic E-state index is 0.238. The summed E-state index contributed by atoms with van der Waals surface area (Å²) >= 11 is 0. The Kier molecular flexibility index (Phi) is 4.76. The fourth-order valence-electron chi connectivity index (χ4n) is 2.27. The number of piperidine rings is 1. The number of hydrogen-bond acceptors (Lipinski definition) is 2. The summed E-state index contributed by atoms with van der Waals surface area (Å²) < 4.78 is 0. The Morgan fingerprint density at radius 3 is 2.50 bits per heavy atom. The summed E-state index contributed by atoms with van der Waals surface area (Å²) in [6.45, 7) is 5.17. The molecule has 1 aromatic carbocycles. The van der Waals surface area contributed by atoms with Crippen LogP contribution in [0.4, 0.5) is 0 Å². The van der Waals surface area contributed by atoms with E-state index in [-0.39, 0.29) is 5.91 Å². The fraction of sp³-hybridized carbons (Fsp3) is 0.533. The Balaban J connectivity index is 1.71. The third-order valence-corrected chi connectivity index (χ3v) is 3.43. The number of nitrogens with zero attached hydrogens (tertiary/aromatic N) is 1. The van der Waals surface area contributed by atoms with Gasteiger partial charge in [-0.1, -0.05) is 29.8 Å². The van der Waals surface area contributed by atoms with Crippen LogP contribution in [0.1, 0.15) is 30.4 Å². The normalized spacial score (nSPS) is 15.7. The summed E-state index contributed by atoms with van der Waals surface area (Å²) in [6.07, 6.45) is 3.58. The van der Waals surface area contributed by atoms with Gasteiger partial charge in [0.25, 0.3) is 0 Å². The van der Waals surface area contributed by atoms with Crippen LogP contribution >= 0.6 is 0 Å². The molecular weight excluding hydrogens is 224 g/mol. The van der Waals surface area contributed by atoms with Gasteiger partial charge in [-0.15, -0.1) is 0 Å². The first-order valence-electron chi connectivity index (χ1n) is 6.80. The summed E-state index contributed by atoms with van der Waals surface area (Å²) in [7, 11) is 0. The van der Waals surface area contributed by atoms with Crippen LogP contribution in [0.15, 0.2) is 24.3 Å². The lowest BCUT2D eigenvalue weighted by Gasteiger charge is -2.26. The van der Waals surface area contributed by atoms with Crippen LogP contribution in [0.25, 0.3) is 0 Å². The van der Waals surface area contributed by atoms with E-state index >= 15 is 0 Å². The minimum Gasteiger partial charge on any atom is -0.342 e. The lowest BCUT2D eigenvalue weighted by molar-refractivity contribution is -0.131. The number of aryl methyl sites for hydroxylation is 1. The molecule has 0 atom stereocenters. The van der Waals surface area contributed by atoms with Crippen molar-refractivity contribution in [2.45, 2.75) is 32.7 Å². The average Bonchev–Trinajstić information content (AvgIpc) is 2.42. The van der Waals surface area contributed by atoms with Crippen LogP contribution < -0.4 is 5.32 Å². The molecule has 1 aromatic rings. The van der Waals surface area contributed by atoms with Gasteiger partial charge in [-0.2, -0.15) is 0 Å². The van der Waals surface area contributed by atoms with Gasteiger partial charge < -0.3 is 10.2 Å². The van der Waals surface area contributed by atoms with Crippen LogP contribution in [0, 0.1) is 6.92 Å². The highest BCUT2D eigenvalue weighted by molar-refractivity contribution is 5.78. The molecule has 0 aliphatic carbocycles. The van der Waals surface area contributed by atoms with Gasteiger partial charge in [-0.25, -0.2) is 0 Å². The van der Waals surface area contributed by atoms with E-state index in [1.165, 1.54) is 17.5 Å². The van der Waals surface area contributed by atoms with E-state index in [9.17, 15) is 4.79 Å². The van der Waals surface area contributed by atoms with Gasteiger partial charge in [-0.05, 0) is 31.7 Å². The first-order valence-corrected chi connectivity index (χ1v) is 6.80. The number of likely N-dealkylation sites (tertiary alicyclic amines) is 1. The maximum Gasteiger partial charge on any atom is 0.236 e. The van der Waals surface area contributed by atoms with Crippen molar-refractivity contribution in [3.63, 3.8) is 0 Å². The third kappa shape index (κ3) is 3.84. The minimum absolute atomic E-state index is 0.238. The van der Waals surface area contributed by atoms with Crippen LogP contribution in [0.2, 0.25) is 0 Å². The molecule has 1 amide bonds. The molecule has 2 rings (SSSR count). The standard InChI is InChI=1S/C15H22N2O/c1-13-5-7-14(8-6-13)11-16-12-15(18)17-9-3-2-4-10-17/h5-8,16H,2-4,9-12H2,1H3. The second kappa shape index (κ2) is 6.55. The van der Waals surface area contributed by atoms with Crippen LogP contribution in [-0.2, 0) is 11.3 Å². The molecule has 1 saturated heterocycles. The van der Waals surface area contributed by atoms with E-state index < -0.39 is 0 Å². The zero-order valence-electron chi connectivity index (χ0n) is 11.1. The van der Waals surface area contributed by atoms with E-state index in [0.29, 0.717) is 6.54 Å². The second-order valence-corrected chi connectivity index (χ2v) is 5.03. The number of hydrogen-bond donors (Lipinski definition) is 1. The van der Waals surface area contributed by atoms with Gasteiger partial charge in [0.15, 0.2) is 0 Å². The van der Waals surface area contributed by atoms with Gasteiger partial charge in [0, 0.05) is 19.6 Å². The Bertz CT molecular complexity index is 380. The first-order chi connectivity index (χ1) is 8.75. The summed E-state index contributed by atoms with van der Waals surface area (Å²) in [4.78, 5) is 13.9. The van der Waals surface area contributed by atoms with E-state index in [1.807, 2.05) is 4.90 Å². The number of benzene rings is 1. The largest absolute Gasteiger partial charge is 0.342 e. The van der Waals surface area contributed by atoms with Crippen LogP contribution in [0.5, 0.6) is 0 Å². The van der Waals surface area contributed by atoms with Gasteiger partial charge in [0.2, 0.25) is 5.91 Å². The van der Waals surface area contributed by atoms with E-state index in [2.05, 4.69) is 36.5 Å². The zero-order valence-corrected chi connectivity index (χ0v) is 11.1. The number of carbonyl (C=O) groups excluding carboxylic acids is 1. The Hall–Kier alpha value is -1.35. The number of rotatable bonds is 4. The summed E-state index contributed by atoms with van der Waals surface area (Å²) in [5, 5.41) is 3.23. The van der Waals surface area contributed by atoms with E-state index in [1.54, 1.807) is 0 Å². The van der Waals surface area contributed by atoms with Crippen molar-refractivity contribution in [3.05, 3.63) is 35.4 Å². The zero-order chi connectivity index (χ0) is 12.8. The van der Waals surface area contributed by atoms with Crippen LogP contribution in [-0.4, -0.2) is 30.4 Å². The van der Waals surface area contributed by atoms with E-state index in [4.69, 9.17) is 0 Å².